The van der Waals surface area contributed by atoms with Crippen LogP contribution in [0.15, 0.2) is 0 Å². The van der Waals surface area contributed by atoms with Crippen LogP contribution in [0.2, 0.25) is 0 Å². The Hall–Kier alpha value is -0.120. The summed E-state index contributed by atoms with van der Waals surface area (Å²) in [5, 5.41) is 9.85. The lowest BCUT2D eigenvalue weighted by molar-refractivity contribution is -0.0453. The van der Waals surface area contributed by atoms with Gasteiger partial charge in [0.2, 0.25) is 0 Å². The number of hydrogen-bond acceptors (Lipinski definition) is 3. The first-order chi connectivity index (χ1) is 7.07. The molecule has 2 heterocycles. The summed E-state index contributed by atoms with van der Waals surface area (Å²) in [6, 6.07) is 0. The van der Waals surface area contributed by atoms with E-state index in [1.54, 1.807) is 0 Å². The van der Waals surface area contributed by atoms with Gasteiger partial charge in [0.1, 0.15) is 0 Å². The van der Waals surface area contributed by atoms with Crippen molar-refractivity contribution in [3.63, 3.8) is 0 Å². The van der Waals surface area contributed by atoms with Gasteiger partial charge in [0, 0.05) is 25.6 Å². The lowest BCUT2D eigenvalue weighted by atomic mass is 9.93. The summed E-state index contributed by atoms with van der Waals surface area (Å²) in [6.07, 6.45) is 1.93. The topological polar surface area (TPSA) is 32.7 Å². The molecule has 2 aliphatic heterocycles. The third kappa shape index (κ3) is 2.92. The Morgan fingerprint density at radius 2 is 2.27 bits per heavy atom. The van der Waals surface area contributed by atoms with E-state index in [0.717, 1.165) is 32.7 Å². The molecule has 0 aromatic rings. The zero-order chi connectivity index (χ0) is 10.9. The van der Waals surface area contributed by atoms with Crippen molar-refractivity contribution >= 4 is 0 Å². The first-order valence-electron chi connectivity index (χ1n) is 6.05. The monoisotopic (exact) mass is 213 g/mol. The molecule has 3 heteroatoms. The summed E-state index contributed by atoms with van der Waals surface area (Å²) in [4.78, 5) is 2.47. The fraction of sp³-hybridized carbons (Fsp3) is 1.00. The minimum atomic E-state index is -0.150. The van der Waals surface area contributed by atoms with E-state index >= 15 is 0 Å². The van der Waals surface area contributed by atoms with E-state index < -0.39 is 0 Å². The van der Waals surface area contributed by atoms with Gasteiger partial charge < -0.3 is 14.7 Å². The van der Waals surface area contributed by atoms with Crippen LogP contribution in [0.4, 0.5) is 0 Å². The minimum absolute atomic E-state index is 0.150. The van der Waals surface area contributed by atoms with E-state index in [0.29, 0.717) is 11.3 Å². The highest BCUT2D eigenvalue weighted by atomic mass is 16.5. The van der Waals surface area contributed by atoms with Crippen LogP contribution in [0.25, 0.3) is 0 Å². The van der Waals surface area contributed by atoms with Crippen molar-refractivity contribution in [1.82, 2.24) is 4.90 Å². The van der Waals surface area contributed by atoms with Crippen molar-refractivity contribution in [3.8, 4) is 0 Å². The van der Waals surface area contributed by atoms with Gasteiger partial charge in [0.15, 0.2) is 0 Å². The molecule has 0 saturated carbocycles. The first kappa shape index (κ1) is 11.4. The van der Waals surface area contributed by atoms with Crippen LogP contribution in [0.5, 0.6) is 0 Å². The number of rotatable bonds is 2. The number of hydrogen-bond donors (Lipinski definition) is 1. The van der Waals surface area contributed by atoms with Gasteiger partial charge in [0.25, 0.3) is 0 Å². The van der Waals surface area contributed by atoms with Gasteiger partial charge in [-0.25, -0.2) is 0 Å². The summed E-state index contributed by atoms with van der Waals surface area (Å²) in [6.45, 7) is 9.44. The quantitative estimate of drug-likeness (QED) is 0.746. The van der Waals surface area contributed by atoms with Gasteiger partial charge in [-0.2, -0.15) is 0 Å². The van der Waals surface area contributed by atoms with Crippen LogP contribution in [0.1, 0.15) is 26.7 Å². The highest BCUT2D eigenvalue weighted by Crippen LogP contribution is 2.30. The molecule has 2 aliphatic rings. The minimum Gasteiger partial charge on any atom is -0.393 e. The average molecular weight is 213 g/mol. The average Bonchev–Trinajstić information content (AvgIpc) is 2.50. The molecule has 2 saturated heterocycles. The van der Waals surface area contributed by atoms with E-state index in [-0.39, 0.29) is 6.10 Å². The molecule has 15 heavy (non-hydrogen) atoms. The molecule has 1 N–H and O–H groups in total. The molecule has 88 valence electrons. The molecule has 2 atom stereocenters. The highest BCUT2D eigenvalue weighted by molar-refractivity contribution is 4.85. The molecule has 2 unspecified atom stereocenters. The van der Waals surface area contributed by atoms with Crippen LogP contribution in [0.3, 0.4) is 0 Å². The number of likely N-dealkylation sites (tertiary alicyclic amines) is 1. The molecule has 2 rings (SSSR count). The molecular weight excluding hydrogens is 190 g/mol. The molecule has 0 bridgehead atoms. The third-order valence-electron chi connectivity index (χ3n) is 3.68. The van der Waals surface area contributed by atoms with E-state index in [9.17, 15) is 5.11 Å². The van der Waals surface area contributed by atoms with E-state index in [1.165, 1.54) is 13.0 Å². The van der Waals surface area contributed by atoms with Gasteiger partial charge >= 0.3 is 0 Å². The second-order valence-corrected chi connectivity index (χ2v) is 5.84. The van der Waals surface area contributed by atoms with Crippen molar-refractivity contribution in [2.45, 2.75) is 32.8 Å². The van der Waals surface area contributed by atoms with Crippen LogP contribution in [-0.4, -0.2) is 49.0 Å². The van der Waals surface area contributed by atoms with Crippen LogP contribution in [0, 0.1) is 11.3 Å². The first-order valence-corrected chi connectivity index (χ1v) is 6.05. The maximum atomic E-state index is 9.85. The predicted molar refractivity (Wildman–Crippen MR) is 59.8 cm³/mol. The maximum absolute atomic E-state index is 9.85. The zero-order valence-electron chi connectivity index (χ0n) is 9.91. The number of aliphatic hydroxyl groups excluding tert-OH is 1. The Labute approximate surface area is 92.4 Å². The van der Waals surface area contributed by atoms with Crippen LogP contribution in [-0.2, 0) is 4.74 Å². The molecule has 0 spiro atoms. The smallest absolute Gasteiger partial charge is 0.0624 e. The van der Waals surface area contributed by atoms with Gasteiger partial charge in [-0.1, -0.05) is 13.8 Å². The maximum Gasteiger partial charge on any atom is 0.0624 e. The normalized spacial score (nSPS) is 37.0. The van der Waals surface area contributed by atoms with E-state index in [2.05, 4.69) is 18.7 Å². The summed E-state index contributed by atoms with van der Waals surface area (Å²) in [5.41, 5.74) is 0.459. The fourth-order valence-electron chi connectivity index (χ4n) is 2.67. The molecule has 0 aromatic carbocycles. The predicted octanol–water partition coefficient (Wildman–Crippen LogP) is 1.12. The fourth-order valence-corrected chi connectivity index (χ4v) is 2.67. The zero-order valence-corrected chi connectivity index (χ0v) is 9.91. The molecule has 2 fully saturated rings. The van der Waals surface area contributed by atoms with E-state index in [4.69, 9.17) is 4.74 Å². The number of nitrogens with zero attached hydrogens (tertiary/aromatic N) is 1. The van der Waals surface area contributed by atoms with E-state index in [1.807, 2.05) is 0 Å². The molecule has 0 radical (unpaired) electrons. The summed E-state index contributed by atoms with van der Waals surface area (Å²) in [5.74, 6) is 0.327. The van der Waals surface area contributed by atoms with Crippen molar-refractivity contribution in [2.75, 3.05) is 32.8 Å². The molecule has 3 nitrogen and oxygen atoms in total. The summed E-state index contributed by atoms with van der Waals surface area (Å²) >= 11 is 0. The van der Waals surface area contributed by atoms with Crippen LogP contribution >= 0.6 is 0 Å². The second kappa shape index (κ2) is 4.40. The summed E-state index contributed by atoms with van der Waals surface area (Å²) in [7, 11) is 0. The Morgan fingerprint density at radius 3 is 2.87 bits per heavy atom. The van der Waals surface area contributed by atoms with Crippen molar-refractivity contribution < 1.29 is 9.84 Å². The lowest BCUT2D eigenvalue weighted by Crippen LogP contribution is -2.40. The second-order valence-electron chi connectivity index (χ2n) is 5.84. The van der Waals surface area contributed by atoms with Gasteiger partial charge in [-0.05, 0) is 24.8 Å². The highest BCUT2D eigenvalue weighted by Gasteiger charge is 2.32. The Bertz CT molecular complexity index is 218. The van der Waals surface area contributed by atoms with Gasteiger partial charge in [-0.3, -0.25) is 0 Å². The standard InChI is InChI=1S/C12H23NO2/c1-12(2)4-5-13(9-12)7-10-8-15-6-3-11(10)14/h10-11,14H,3-9H2,1-2H3. The molecular formula is C12H23NO2. The number of aliphatic hydroxyl groups is 1. The molecule has 0 aliphatic carbocycles. The lowest BCUT2D eigenvalue weighted by Gasteiger charge is -2.31. The Kier molecular flexibility index (Phi) is 3.33. The molecule has 0 amide bonds. The van der Waals surface area contributed by atoms with Crippen molar-refractivity contribution in [1.29, 1.82) is 0 Å². The van der Waals surface area contributed by atoms with Crippen molar-refractivity contribution in [3.05, 3.63) is 0 Å². The third-order valence-corrected chi connectivity index (χ3v) is 3.68. The van der Waals surface area contributed by atoms with Crippen LogP contribution < -0.4 is 0 Å². The SMILES string of the molecule is CC1(C)CCN(CC2COCCC2O)C1. The Balaban J connectivity index is 1.81. The summed E-state index contributed by atoms with van der Waals surface area (Å²) < 4.78 is 5.43. The largest absolute Gasteiger partial charge is 0.393 e. The van der Waals surface area contributed by atoms with Crippen molar-refractivity contribution in [2.24, 2.45) is 11.3 Å². The van der Waals surface area contributed by atoms with Gasteiger partial charge in [-0.15, -0.1) is 0 Å². The number of ether oxygens (including phenoxy) is 1. The molecule has 0 aromatic heterocycles. The van der Waals surface area contributed by atoms with Gasteiger partial charge in [0.05, 0.1) is 12.7 Å². The Morgan fingerprint density at radius 1 is 1.47 bits per heavy atom.